The number of halogens is 4. The van der Waals surface area contributed by atoms with Crippen LogP contribution in [0.1, 0.15) is 30.9 Å². The number of carbonyl (C=O) groups excluding carboxylic acids is 1. The third-order valence-electron chi connectivity index (χ3n) is 5.33. The van der Waals surface area contributed by atoms with Crippen LogP contribution < -0.4 is 15.8 Å². The van der Waals surface area contributed by atoms with Gasteiger partial charge in [-0.25, -0.2) is 4.99 Å². The number of hydrogen-bond acceptors (Lipinski definition) is 6. The van der Waals surface area contributed by atoms with Crippen molar-refractivity contribution in [1.29, 1.82) is 0 Å². The summed E-state index contributed by atoms with van der Waals surface area (Å²) in [5.74, 6) is 0.403. The lowest BCUT2D eigenvalue weighted by atomic mass is 9.81. The van der Waals surface area contributed by atoms with E-state index in [0.717, 1.165) is 6.42 Å². The number of nitrogens with zero attached hydrogens (tertiary/aromatic N) is 3. The molecule has 0 saturated carbocycles. The topological polar surface area (TPSA) is 92.3 Å². The van der Waals surface area contributed by atoms with Crippen LogP contribution in [0.2, 0.25) is 0 Å². The summed E-state index contributed by atoms with van der Waals surface area (Å²) in [6, 6.07) is 12.7. The van der Waals surface area contributed by atoms with Gasteiger partial charge in [0.15, 0.2) is 11.5 Å². The molecule has 0 spiro atoms. The Hall–Kier alpha value is -3.27. The van der Waals surface area contributed by atoms with Gasteiger partial charge < -0.3 is 15.8 Å². The molecule has 0 aromatic heterocycles. The average Bonchev–Trinajstić information content (AvgIpc) is 3.07. The van der Waals surface area contributed by atoms with E-state index >= 15 is 0 Å². The number of aliphatic imine (C=N–C) groups is 2. The standard InChI is InChI=1S/C22H22F3N5O2.ClH/c1-2-18(31)28-16-6-3-5-15(13-16)21(19-27-11-4-12-30(19)20(26)29-21)14-7-9-17(10-8-14)32-22(23,24)25;/h3,5-10,13H,2,4,11-12H2,1H3,(H2,26,29)(H,28,31);1H. The summed E-state index contributed by atoms with van der Waals surface area (Å²) < 4.78 is 41.9. The highest BCUT2D eigenvalue weighted by atomic mass is 35.5. The molecule has 2 aliphatic rings. The van der Waals surface area contributed by atoms with Gasteiger partial charge in [-0.2, -0.15) is 0 Å². The number of amides is 1. The Kier molecular flexibility index (Phi) is 6.87. The average molecular weight is 482 g/mol. The van der Waals surface area contributed by atoms with Crippen molar-refractivity contribution in [3.8, 4) is 5.75 Å². The fourth-order valence-corrected chi connectivity index (χ4v) is 3.94. The molecule has 0 radical (unpaired) electrons. The van der Waals surface area contributed by atoms with Crippen LogP contribution in [0.3, 0.4) is 0 Å². The van der Waals surface area contributed by atoms with E-state index in [1.165, 1.54) is 24.3 Å². The monoisotopic (exact) mass is 481 g/mol. The second kappa shape index (κ2) is 9.30. The van der Waals surface area contributed by atoms with Crippen molar-refractivity contribution >= 4 is 35.8 Å². The molecule has 1 amide bonds. The summed E-state index contributed by atoms with van der Waals surface area (Å²) in [5.41, 5.74) is 6.93. The van der Waals surface area contributed by atoms with Crippen LogP contribution >= 0.6 is 12.4 Å². The zero-order valence-electron chi connectivity index (χ0n) is 17.7. The normalized spacial score (nSPS) is 19.7. The number of rotatable bonds is 5. The maximum absolute atomic E-state index is 12.6. The van der Waals surface area contributed by atoms with Crippen LogP contribution in [-0.2, 0) is 10.3 Å². The van der Waals surface area contributed by atoms with E-state index in [2.05, 4.69) is 15.0 Å². The van der Waals surface area contributed by atoms with Gasteiger partial charge in [0.2, 0.25) is 5.91 Å². The summed E-state index contributed by atoms with van der Waals surface area (Å²) in [4.78, 5) is 23.2. The predicted octanol–water partition coefficient (Wildman–Crippen LogP) is 4.03. The highest BCUT2D eigenvalue weighted by Crippen LogP contribution is 2.42. The van der Waals surface area contributed by atoms with E-state index in [1.807, 2.05) is 11.0 Å². The third kappa shape index (κ3) is 4.75. The number of alkyl halides is 3. The summed E-state index contributed by atoms with van der Waals surface area (Å²) in [6.07, 6.45) is -3.66. The third-order valence-corrected chi connectivity index (χ3v) is 5.33. The van der Waals surface area contributed by atoms with Crippen LogP contribution in [-0.4, -0.2) is 42.1 Å². The number of anilines is 1. The summed E-state index contributed by atoms with van der Waals surface area (Å²) in [5, 5.41) is 2.83. The van der Waals surface area contributed by atoms with Gasteiger partial charge in [-0.1, -0.05) is 31.2 Å². The minimum absolute atomic E-state index is 0. The highest BCUT2D eigenvalue weighted by molar-refractivity contribution is 6.12. The van der Waals surface area contributed by atoms with Crippen molar-refractivity contribution in [2.45, 2.75) is 31.7 Å². The second-order valence-corrected chi connectivity index (χ2v) is 7.45. The highest BCUT2D eigenvalue weighted by Gasteiger charge is 2.49. The van der Waals surface area contributed by atoms with Gasteiger partial charge >= 0.3 is 6.36 Å². The van der Waals surface area contributed by atoms with Gasteiger partial charge in [0, 0.05) is 25.2 Å². The quantitative estimate of drug-likeness (QED) is 0.674. The Morgan fingerprint density at radius 2 is 1.94 bits per heavy atom. The number of amidine groups is 1. The van der Waals surface area contributed by atoms with Gasteiger partial charge in [0.05, 0.1) is 0 Å². The van der Waals surface area contributed by atoms with E-state index in [4.69, 9.17) is 10.7 Å². The Morgan fingerprint density at radius 3 is 2.61 bits per heavy atom. The van der Waals surface area contributed by atoms with Crippen molar-refractivity contribution in [3.05, 3.63) is 59.7 Å². The Labute approximate surface area is 194 Å². The zero-order chi connectivity index (χ0) is 22.9. The number of hydrogen-bond donors (Lipinski definition) is 2. The van der Waals surface area contributed by atoms with Crippen molar-refractivity contribution in [2.75, 3.05) is 18.4 Å². The summed E-state index contributed by atoms with van der Waals surface area (Å²) >= 11 is 0. The maximum atomic E-state index is 12.6. The molecule has 0 fully saturated rings. The van der Waals surface area contributed by atoms with E-state index in [1.54, 1.807) is 25.1 Å². The summed E-state index contributed by atoms with van der Waals surface area (Å²) in [7, 11) is 0. The van der Waals surface area contributed by atoms with Crippen LogP contribution in [0, 0.1) is 0 Å². The van der Waals surface area contributed by atoms with Gasteiger partial charge in [0.1, 0.15) is 11.6 Å². The Balaban J connectivity index is 0.00000306. The molecule has 4 rings (SSSR count). The van der Waals surface area contributed by atoms with Crippen molar-refractivity contribution in [2.24, 2.45) is 15.7 Å². The fourth-order valence-electron chi connectivity index (χ4n) is 3.94. The lowest BCUT2D eigenvalue weighted by molar-refractivity contribution is -0.274. The number of guanidine groups is 1. The number of nitrogens with two attached hydrogens (primary N) is 1. The van der Waals surface area contributed by atoms with Crippen LogP contribution in [0.15, 0.2) is 58.5 Å². The number of ether oxygens (including phenoxy) is 1. The molecule has 0 aliphatic carbocycles. The minimum atomic E-state index is -4.79. The molecule has 2 aliphatic heterocycles. The SMILES string of the molecule is CCC(=O)Nc1cccc(C2(c3ccc(OC(F)(F)F)cc3)N=C(N)N3CCCN=C32)c1.Cl. The second-order valence-electron chi connectivity index (χ2n) is 7.45. The number of carbonyl (C=O) groups is 1. The molecule has 33 heavy (non-hydrogen) atoms. The van der Waals surface area contributed by atoms with E-state index in [0.29, 0.717) is 42.2 Å². The lowest BCUT2D eigenvalue weighted by Crippen LogP contribution is -2.46. The molecule has 0 bridgehead atoms. The number of nitrogens with one attached hydrogen (secondary N) is 1. The van der Waals surface area contributed by atoms with E-state index in [-0.39, 0.29) is 30.0 Å². The molecule has 11 heteroatoms. The molecule has 2 aromatic rings. The van der Waals surface area contributed by atoms with Crippen molar-refractivity contribution in [1.82, 2.24) is 4.90 Å². The molecular weight excluding hydrogens is 459 g/mol. The smallest absolute Gasteiger partial charge is 0.406 e. The first kappa shape index (κ1) is 24.4. The molecule has 7 nitrogen and oxygen atoms in total. The van der Waals surface area contributed by atoms with Gasteiger partial charge in [-0.15, -0.1) is 25.6 Å². The largest absolute Gasteiger partial charge is 0.573 e. The fraction of sp³-hybridized carbons (Fsp3) is 0.318. The Bertz CT molecular complexity index is 1090. The van der Waals surface area contributed by atoms with Crippen molar-refractivity contribution < 1.29 is 22.7 Å². The van der Waals surface area contributed by atoms with E-state index in [9.17, 15) is 18.0 Å². The molecule has 0 saturated heterocycles. The zero-order valence-corrected chi connectivity index (χ0v) is 18.5. The number of fused-ring (bicyclic) bond motifs is 1. The van der Waals surface area contributed by atoms with Gasteiger partial charge in [0.25, 0.3) is 0 Å². The number of benzene rings is 2. The first-order valence-electron chi connectivity index (χ1n) is 10.2. The van der Waals surface area contributed by atoms with Crippen LogP contribution in [0.25, 0.3) is 0 Å². The Morgan fingerprint density at radius 1 is 1.21 bits per heavy atom. The molecule has 3 N–H and O–H groups in total. The molecule has 176 valence electrons. The lowest BCUT2D eigenvalue weighted by Gasteiger charge is -2.33. The molecule has 2 aromatic carbocycles. The predicted molar refractivity (Wildman–Crippen MR) is 122 cm³/mol. The van der Waals surface area contributed by atoms with Gasteiger partial charge in [-0.3, -0.25) is 14.7 Å². The van der Waals surface area contributed by atoms with Crippen molar-refractivity contribution in [3.63, 3.8) is 0 Å². The van der Waals surface area contributed by atoms with Gasteiger partial charge in [-0.05, 0) is 41.8 Å². The molecule has 1 atom stereocenters. The first-order chi connectivity index (χ1) is 15.2. The molecule has 1 unspecified atom stereocenters. The first-order valence-corrected chi connectivity index (χ1v) is 10.2. The van der Waals surface area contributed by atoms with E-state index < -0.39 is 11.9 Å². The molecular formula is C22H23ClF3N5O2. The summed E-state index contributed by atoms with van der Waals surface area (Å²) in [6.45, 7) is 2.97. The maximum Gasteiger partial charge on any atom is 0.573 e. The minimum Gasteiger partial charge on any atom is -0.406 e. The van der Waals surface area contributed by atoms with Crippen LogP contribution in [0.5, 0.6) is 5.75 Å². The van der Waals surface area contributed by atoms with Crippen LogP contribution in [0.4, 0.5) is 18.9 Å². The molecule has 2 heterocycles.